The lowest BCUT2D eigenvalue weighted by Crippen LogP contribution is -2.04. The van der Waals surface area contributed by atoms with Crippen molar-refractivity contribution in [3.8, 4) is 0 Å². The van der Waals surface area contributed by atoms with E-state index < -0.39 is 4.92 Å². The normalized spacial score (nSPS) is 10.3. The van der Waals surface area contributed by atoms with E-state index in [9.17, 15) is 10.1 Å². The number of hydrogen-bond acceptors (Lipinski definition) is 4. The van der Waals surface area contributed by atoms with E-state index in [4.69, 9.17) is 17.3 Å². The van der Waals surface area contributed by atoms with Gasteiger partial charge in [-0.05, 0) is 11.6 Å². The summed E-state index contributed by atoms with van der Waals surface area (Å²) >= 11 is 5.57. The second kappa shape index (κ2) is 7.64. The highest BCUT2D eigenvalue weighted by Crippen LogP contribution is 2.07. The van der Waals surface area contributed by atoms with Crippen molar-refractivity contribution in [1.82, 2.24) is 4.98 Å². The number of allylic oxidation sites excluding steroid dienone is 1. The number of hydrogen-bond donors (Lipinski definition) is 1. The van der Waals surface area contributed by atoms with Crippen LogP contribution in [0, 0.1) is 10.1 Å². The molecule has 0 radical (unpaired) electrons. The van der Waals surface area contributed by atoms with Gasteiger partial charge in [0.1, 0.15) is 5.15 Å². The number of halogens is 1. The minimum atomic E-state index is -0.585. The highest BCUT2D eigenvalue weighted by atomic mass is 35.5. The van der Waals surface area contributed by atoms with Crippen molar-refractivity contribution in [2.24, 2.45) is 5.73 Å². The maximum Gasteiger partial charge on any atom is 0.253 e. The van der Waals surface area contributed by atoms with Crippen molar-refractivity contribution in [2.75, 3.05) is 0 Å². The third-order valence-corrected chi connectivity index (χ3v) is 1.69. The van der Waals surface area contributed by atoms with Gasteiger partial charge in [-0.3, -0.25) is 10.1 Å². The van der Waals surface area contributed by atoms with Crippen LogP contribution in [0.1, 0.15) is 19.4 Å². The van der Waals surface area contributed by atoms with Gasteiger partial charge >= 0.3 is 0 Å². The van der Waals surface area contributed by atoms with E-state index in [1.54, 1.807) is 12.1 Å². The third-order valence-electron chi connectivity index (χ3n) is 1.47. The molecule has 2 N–H and O–H groups in total. The molecule has 0 unspecified atom stereocenters. The molecule has 6 heteroatoms. The molecule has 0 saturated carbocycles. The van der Waals surface area contributed by atoms with E-state index in [-0.39, 0.29) is 5.70 Å². The van der Waals surface area contributed by atoms with Crippen LogP contribution in [0.15, 0.2) is 30.2 Å². The Morgan fingerprint density at radius 2 is 2.25 bits per heavy atom. The molecule has 0 fully saturated rings. The Morgan fingerprint density at radius 1 is 1.62 bits per heavy atom. The van der Waals surface area contributed by atoms with Crippen LogP contribution in [-0.2, 0) is 6.42 Å². The maximum absolute atomic E-state index is 10.1. The molecule has 1 aromatic rings. The summed E-state index contributed by atoms with van der Waals surface area (Å²) in [6.45, 7) is 4.00. The molecule has 0 aliphatic heterocycles. The Morgan fingerprint density at radius 3 is 2.69 bits per heavy atom. The van der Waals surface area contributed by atoms with Crippen LogP contribution in [0.25, 0.3) is 0 Å². The van der Waals surface area contributed by atoms with Crippen LogP contribution in [0.2, 0.25) is 5.15 Å². The molecule has 5 nitrogen and oxygen atoms in total. The second-order valence-corrected chi connectivity index (χ2v) is 3.04. The van der Waals surface area contributed by atoms with E-state index in [1.165, 1.54) is 6.20 Å². The summed E-state index contributed by atoms with van der Waals surface area (Å²) in [7, 11) is 0. The average molecular weight is 244 g/mol. The average Bonchev–Trinajstić information content (AvgIpc) is 2.23. The number of nitrogens with two attached hydrogens (primary N) is 1. The summed E-state index contributed by atoms with van der Waals surface area (Å²) in [5.41, 5.74) is 6.37. The number of rotatable bonds is 3. The summed E-state index contributed by atoms with van der Waals surface area (Å²) in [5, 5.41) is 10.4. The molecule has 88 valence electrons. The number of nitro groups is 1. The fourth-order valence-corrected chi connectivity index (χ4v) is 1.04. The van der Waals surface area contributed by atoms with Crippen LogP contribution in [0.3, 0.4) is 0 Å². The van der Waals surface area contributed by atoms with E-state index in [2.05, 4.69) is 4.98 Å². The first-order valence-electron chi connectivity index (χ1n) is 4.78. The van der Waals surface area contributed by atoms with Crippen molar-refractivity contribution in [3.63, 3.8) is 0 Å². The second-order valence-electron chi connectivity index (χ2n) is 2.66. The SMILES string of the molecule is CC.N/C(=C\[N+](=O)[O-])Cc1ccc(Cl)nc1. The van der Waals surface area contributed by atoms with Gasteiger partial charge in [-0.15, -0.1) is 0 Å². The van der Waals surface area contributed by atoms with Crippen LogP contribution >= 0.6 is 11.6 Å². The van der Waals surface area contributed by atoms with Gasteiger partial charge in [0.25, 0.3) is 6.20 Å². The first kappa shape index (κ1) is 14.4. The van der Waals surface area contributed by atoms with Crippen molar-refractivity contribution < 1.29 is 4.92 Å². The number of pyridine rings is 1. The lowest BCUT2D eigenvalue weighted by Gasteiger charge is -1.98. The monoisotopic (exact) mass is 243 g/mol. The molecular formula is C10H14ClN3O2. The quantitative estimate of drug-likeness (QED) is 0.502. The molecular weight excluding hydrogens is 230 g/mol. The summed E-state index contributed by atoms with van der Waals surface area (Å²) in [6.07, 6.45) is 2.60. The predicted octanol–water partition coefficient (Wildman–Crippen LogP) is 2.38. The highest BCUT2D eigenvalue weighted by molar-refractivity contribution is 6.29. The van der Waals surface area contributed by atoms with E-state index in [1.807, 2.05) is 13.8 Å². The topological polar surface area (TPSA) is 82.0 Å². The fraction of sp³-hybridized carbons (Fsp3) is 0.300. The Labute approximate surface area is 99.1 Å². The van der Waals surface area contributed by atoms with Gasteiger partial charge in [0.2, 0.25) is 0 Å². The first-order valence-corrected chi connectivity index (χ1v) is 5.16. The molecule has 0 aromatic carbocycles. The van der Waals surface area contributed by atoms with Gasteiger partial charge in [-0.2, -0.15) is 0 Å². The Balaban J connectivity index is 0.00000106. The van der Waals surface area contributed by atoms with Crippen molar-refractivity contribution in [1.29, 1.82) is 0 Å². The van der Waals surface area contributed by atoms with Crippen LogP contribution < -0.4 is 5.73 Å². The zero-order valence-electron chi connectivity index (χ0n) is 9.18. The van der Waals surface area contributed by atoms with Gasteiger partial charge in [0, 0.05) is 12.6 Å². The lowest BCUT2D eigenvalue weighted by molar-refractivity contribution is -0.403. The van der Waals surface area contributed by atoms with E-state index in [0.717, 1.165) is 11.8 Å². The van der Waals surface area contributed by atoms with Crippen molar-refractivity contribution >= 4 is 11.6 Å². The highest BCUT2D eigenvalue weighted by Gasteiger charge is 2.00. The van der Waals surface area contributed by atoms with E-state index in [0.29, 0.717) is 11.6 Å². The van der Waals surface area contributed by atoms with Gasteiger partial charge in [0.15, 0.2) is 0 Å². The minimum absolute atomic E-state index is 0.180. The molecule has 1 aromatic heterocycles. The fourth-order valence-electron chi connectivity index (χ4n) is 0.928. The summed E-state index contributed by atoms with van der Waals surface area (Å²) in [5.74, 6) is 0. The predicted molar refractivity (Wildman–Crippen MR) is 63.6 cm³/mol. The number of nitrogens with zero attached hydrogens (tertiary/aromatic N) is 2. The van der Waals surface area contributed by atoms with Gasteiger partial charge < -0.3 is 5.73 Å². The molecule has 0 atom stereocenters. The summed E-state index contributed by atoms with van der Waals surface area (Å²) in [6, 6.07) is 3.33. The zero-order chi connectivity index (χ0) is 12.6. The zero-order valence-corrected chi connectivity index (χ0v) is 9.94. The molecule has 0 aliphatic rings. The molecule has 16 heavy (non-hydrogen) atoms. The van der Waals surface area contributed by atoms with Gasteiger partial charge in [-0.1, -0.05) is 31.5 Å². The van der Waals surface area contributed by atoms with Crippen molar-refractivity contribution in [2.45, 2.75) is 20.3 Å². The van der Waals surface area contributed by atoms with Crippen LogP contribution in [0.5, 0.6) is 0 Å². The van der Waals surface area contributed by atoms with Gasteiger partial charge in [-0.25, -0.2) is 4.98 Å². The molecule has 0 aliphatic carbocycles. The minimum Gasteiger partial charge on any atom is -0.397 e. The Hall–Kier alpha value is -1.62. The molecule has 1 heterocycles. The molecule has 0 saturated heterocycles. The number of aromatic nitrogens is 1. The van der Waals surface area contributed by atoms with E-state index >= 15 is 0 Å². The van der Waals surface area contributed by atoms with Crippen molar-refractivity contribution in [3.05, 3.63) is 51.1 Å². The molecule has 1 rings (SSSR count). The summed E-state index contributed by atoms with van der Waals surface area (Å²) in [4.78, 5) is 13.3. The Kier molecular flexibility index (Phi) is 6.87. The van der Waals surface area contributed by atoms with Crippen LogP contribution in [0.4, 0.5) is 0 Å². The molecule has 0 bridgehead atoms. The maximum atomic E-state index is 10.1. The third kappa shape index (κ3) is 5.98. The standard InChI is InChI=1S/C8H8ClN3O2.C2H6/c9-8-2-1-6(4-11-8)3-7(10)5-12(13)14;1-2/h1-2,4-5H,3,10H2;1-2H3/b7-5-;. The largest absolute Gasteiger partial charge is 0.397 e. The van der Waals surface area contributed by atoms with Gasteiger partial charge in [0.05, 0.1) is 10.6 Å². The first-order chi connectivity index (χ1) is 7.58. The van der Waals surface area contributed by atoms with Crippen LogP contribution in [-0.4, -0.2) is 9.91 Å². The molecule has 0 spiro atoms. The Bertz CT molecular complexity index is 363. The molecule has 0 amide bonds. The smallest absolute Gasteiger partial charge is 0.253 e. The summed E-state index contributed by atoms with van der Waals surface area (Å²) < 4.78 is 0. The lowest BCUT2D eigenvalue weighted by atomic mass is 10.2.